The smallest absolute Gasteiger partial charge is 0.341 e. The van der Waals surface area contributed by atoms with E-state index in [1.807, 2.05) is 37.3 Å². The zero-order chi connectivity index (χ0) is 20.8. The molecule has 0 spiro atoms. The van der Waals surface area contributed by atoms with Crippen LogP contribution in [-0.4, -0.2) is 10.5 Å². The Balaban J connectivity index is 1.76. The lowest BCUT2D eigenvalue weighted by Crippen LogP contribution is -2.19. The van der Waals surface area contributed by atoms with Gasteiger partial charge in [-0.3, -0.25) is 4.79 Å². The molecule has 0 atom stereocenters. The molecule has 1 N–H and O–H groups in total. The van der Waals surface area contributed by atoms with Crippen LogP contribution < -0.4 is 5.32 Å². The zero-order valence-corrected chi connectivity index (χ0v) is 15.3. The molecule has 4 rings (SSSR count). The second-order valence-electron chi connectivity index (χ2n) is 6.64. The monoisotopic (exact) mass is 400 g/mol. The van der Waals surface area contributed by atoms with Crippen molar-refractivity contribution in [2.75, 3.05) is 5.32 Å². The number of amides is 1. The summed E-state index contributed by atoms with van der Waals surface area (Å²) in [6, 6.07) is 15.0. The summed E-state index contributed by atoms with van der Waals surface area (Å²) < 4.78 is 55.0. The molecule has 1 heterocycles. The minimum absolute atomic E-state index is 0.326. The maximum absolute atomic E-state index is 13.3. The molecule has 0 unspecified atom stereocenters. The molecule has 4 aromatic rings. The predicted octanol–water partition coefficient (Wildman–Crippen LogP) is 6.22. The number of aromatic nitrogens is 1. The third-order valence-corrected chi connectivity index (χ3v) is 4.88. The lowest BCUT2D eigenvalue weighted by molar-refractivity contribution is -0.138. The first kappa shape index (κ1) is 19.0. The lowest BCUT2D eigenvalue weighted by Gasteiger charge is -2.13. The van der Waals surface area contributed by atoms with Crippen LogP contribution >= 0.6 is 0 Å². The second-order valence-corrected chi connectivity index (χ2v) is 6.64. The Kier molecular flexibility index (Phi) is 4.53. The number of fused-ring (bicyclic) bond motifs is 3. The number of hydrogen-bond donors (Lipinski definition) is 1. The second kappa shape index (κ2) is 6.92. The van der Waals surface area contributed by atoms with E-state index in [-0.39, 0.29) is 0 Å². The molecule has 0 radical (unpaired) electrons. The number of rotatable bonds is 3. The SMILES string of the molecule is CCn1c2ccccc2c2cc(NC(=O)c3ccc(F)cc3C(F)(F)F)ccc21. The minimum Gasteiger partial charge on any atom is -0.341 e. The van der Waals surface area contributed by atoms with Crippen LogP contribution in [0.5, 0.6) is 0 Å². The molecule has 0 aliphatic heterocycles. The predicted molar refractivity (Wildman–Crippen MR) is 104 cm³/mol. The summed E-state index contributed by atoms with van der Waals surface area (Å²) in [4.78, 5) is 12.5. The van der Waals surface area contributed by atoms with Crippen LogP contribution in [0.2, 0.25) is 0 Å². The van der Waals surface area contributed by atoms with Gasteiger partial charge in [-0.2, -0.15) is 13.2 Å². The molecular weight excluding hydrogens is 384 g/mol. The average molecular weight is 400 g/mol. The Morgan fingerprint density at radius 3 is 2.41 bits per heavy atom. The number of hydrogen-bond acceptors (Lipinski definition) is 1. The van der Waals surface area contributed by atoms with E-state index in [2.05, 4.69) is 9.88 Å². The van der Waals surface area contributed by atoms with Crippen LogP contribution in [-0.2, 0) is 12.7 Å². The average Bonchev–Trinajstić information content (AvgIpc) is 3.00. The van der Waals surface area contributed by atoms with Gasteiger partial charge in [-0.15, -0.1) is 0 Å². The molecule has 1 amide bonds. The molecule has 1 aromatic heterocycles. The quantitative estimate of drug-likeness (QED) is 0.407. The van der Waals surface area contributed by atoms with Crippen molar-refractivity contribution in [1.82, 2.24) is 4.57 Å². The topological polar surface area (TPSA) is 34.0 Å². The first-order valence-electron chi connectivity index (χ1n) is 8.98. The van der Waals surface area contributed by atoms with E-state index in [1.54, 1.807) is 12.1 Å². The summed E-state index contributed by atoms with van der Waals surface area (Å²) in [5.74, 6) is -2.00. The van der Waals surface area contributed by atoms with Gasteiger partial charge in [0.1, 0.15) is 5.82 Å². The van der Waals surface area contributed by atoms with Crippen LogP contribution in [0.3, 0.4) is 0 Å². The number of carbonyl (C=O) groups is 1. The van der Waals surface area contributed by atoms with Gasteiger partial charge >= 0.3 is 6.18 Å². The van der Waals surface area contributed by atoms with E-state index in [0.717, 1.165) is 40.5 Å². The number of halogens is 4. The molecule has 0 saturated heterocycles. The highest BCUT2D eigenvalue weighted by atomic mass is 19.4. The molecule has 29 heavy (non-hydrogen) atoms. The van der Waals surface area contributed by atoms with Crippen molar-refractivity contribution in [2.45, 2.75) is 19.6 Å². The number of anilines is 1. The van der Waals surface area contributed by atoms with E-state index < -0.39 is 29.0 Å². The van der Waals surface area contributed by atoms with Gasteiger partial charge in [0.15, 0.2) is 0 Å². The number of benzene rings is 3. The summed E-state index contributed by atoms with van der Waals surface area (Å²) in [6.45, 7) is 2.77. The molecule has 7 heteroatoms. The van der Waals surface area contributed by atoms with Gasteiger partial charge in [-0.25, -0.2) is 4.39 Å². The molecule has 3 nitrogen and oxygen atoms in total. The molecular formula is C22H16F4N2O. The molecule has 0 aliphatic rings. The summed E-state index contributed by atoms with van der Waals surface area (Å²) in [5.41, 5.74) is 0.420. The molecule has 0 saturated carbocycles. The molecule has 148 valence electrons. The van der Waals surface area contributed by atoms with Gasteiger partial charge in [0.2, 0.25) is 0 Å². The fourth-order valence-electron chi connectivity index (χ4n) is 3.62. The first-order chi connectivity index (χ1) is 13.8. The highest BCUT2D eigenvalue weighted by molar-refractivity contribution is 6.11. The summed E-state index contributed by atoms with van der Waals surface area (Å²) in [5, 5.41) is 4.37. The van der Waals surface area contributed by atoms with Crippen molar-refractivity contribution in [3.8, 4) is 0 Å². The summed E-state index contributed by atoms with van der Waals surface area (Å²) in [6.07, 6.45) is -4.84. The van der Waals surface area contributed by atoms with Crippen molar-refractivity contribution in [1.29, 1.82) is 0 Å². The maximum Gasteiger partial charge on any atom is 0.417 e. The summed E-state index contributed by atoms with van der Waals surface area (Å²) >= 11 is 0. The van der Waals surface area contributed by atoms with Crippen LogP contribution in [0.25, 0.3) is 21.8 Å². The largest absolute Gasteiger partial charge is 0.417 e. The van der Waals surface area contributed by atoms with Gasteiger partial charge < -0.3 is 9.88 Å². The Hall–Kier alpha value is -3.35. The summed E-state index contributed by atoms with van der Waals surface area (Å²) in [7, 11) is 0. The van der Waals surface area contributed by atoms with Crippen molar-refractivity contribution in [3.05, 3.63) is 77.6 Å². The van der Waals surface area contributed by atoms with Crippen LogP contribution in [0.15, 0.2) is 60.7 Å². The van der Waals surface area contributed by atoms with E-state index in [9.17, 15) is 22.4 Å². The van der Waals surface area contributed by atoms with Crippen molar-refractivity contribution >= 4 is 33.4 Å². The first-order valence-corrected chi connectivity index (χ1v) is 8.98. The van der Waals surface area contributed by atoms with Gasteiger partial charge in [0, 0.05) is 34.0 Å². The normalized spacial score (nSPS) is 11.9. The van der Waals surface area contributed by atoms with E-state index >= 15 is 0 Å². The molecule has 3 aromatic carbocycles. The van der Waals surface area contributed by atoms with E-state index in [0.29, 0.717) is 11.8 Å². The number of alkyl halides is 3. The molecule has 0 fully saturated rings. The van der Waals surface area contributed by atoms with Gasteiger partial charge in [0.25, 0.3) is 5.91 Å². The standard InChI is InChI=1S/C22H16F4N2O/c1-2-28-19-6-4-3-5-15(19)17-12-14(8-10-20(17)28)27-21(29)16-9-7-13(23)11-18(16)22(24,25)26/h3-12H,2H2,1H3,(H,27,29). The Morgan fingerprint density at radius 1 is 0.966 bits per heavy atom. The van der Waals surface area contributed by atoms with Gasteiger partial charge in [0.05, 0.1) is 11.1 Å². The fraction of sp³-hybridized carbons (Fsp3) is 0.136. The van der Waals surface area contributed by atoms with Crippen LogP contribution in [0, 0.1) is 5.82 Å². The zero-order valence-electron chi connectivity index (χ0n) is 15.3. The Bertz CT molecular complexity index is 1240. The van der Waals surface area contributed by atoms with Gasteiger partial charge in [-0.1, -0.05) is 18.2 Å². The van der Waals surface area contributed by atoms with Crippen molar-refractivity contribution in [2.24, 2.45) is 0 Å². The third kappa shape index (κ3) is 3.33. The van der Waals surface area contributed by atoms with Crippen LogP contribution in [0.1, 0.15) is 22.8 Å². The highest BCUT2D eigenvalue weighted by Gasteiger charge is 2.35. The third-order valence-electron chi connectivity index (χ3n) is 4.88. The van der Waals surface area contributed by atoms with Crippen molar-refractivity contribution < 1.29 is 22.4 Å². The molecule has 0 bridgehead atoms. The molecule has 0 aliphatic carbocycles. The Morgan fingerprint density at radius 2 is 1.69 bits per heavy atom. The number of para-hydroxylation sites is 1. The Labute approximate surface area is 163 Å². The number of carbonyl (C=O) groups excluding carboxylic acids is 1. The van der Waals surface area contributed by atoms with Crippen LogP contribution in [0.4, 0.5) is 23.2 Å². The van der Waals surface area contributed by atoms with E-state index in [4.69, 9.17) is 0 Å². The number of nitrogens with one attached hydrogen (secondary N) is 1. The maximum atomic E-state index is 13.3. The van der Waals surface area contributed by atoms with E-state index in [1.165, 1.54) is 0 Å². The minimum atomic E-state index is -4.84. The fourth-order valence-corrected chi connectivity index (χ4v) is 3.62. The number of aryl methyl sites for hydroxylation is 1. The highest BCUT2D eigenvalue weighted by Crippen LogP contribution is 2.34. The number of nitrogens with zero attached hydrogens (tertiary/aromatic N) is 1. The van der Waals surface area contributed by atoms with Crippen molar-refractivity contribution in [3.63, 3.8) is 0 Å². The lowest BCUT2D eigenvalue weighted by atomic mass is 10.1. The van der Waals surface area contributed by atoms with Gasteiger partial charge in [-0.05, 0) is 49.4 Å².